The molecule has 0 atom stereocenters. The van der Waals surface area contributed by atoms with Gasteiger partial charge in [0, 0.05) is 18.1 Å². The zero-order valence-corrected chi connectivity index (χ0v) is 13.2. The van der Waals surface area contributed by atoms with E-state index in [1.807, 2.05) is 0 Å². The largest absolute Gasteiger partial charge is 0.243 e. The van der Waals surface area contributed by atoms with Crippen LogP contribution in [0.5, 0.6) is 0 Å². The van der Waals surface area contributed by atoms with Crippen LogP contribution in [0.25, 0.3) is 0 Å². The highest BCUT2D eigenvalue weighted by Crippen LogP contribution is 2.20. The maximum Gasteiger partial charge on any atom is 0.243 e. The van der Waals surface area contributed by atoms with Crippen molar-refractivity contribution >= 4 is 26.0 Å². The standard InChI is InChI=1S/C14H13BrFNO2S/c1-17(10-11-4-2-6-13(16)8-11)20(18,19)14-7-3-5-12(15)9-14/h2-9H,10H2,1H3. The monoisotopic (exact) mass is 357 g/mol. The summed E-state index contributed by atoms with van der Waals surface area (Å²) in [6.07, 6.45) is 0. The molecule has 0 spiro atoms. The van der Waals surface area contributed by atoms with E-state index in [1.54, 1.807) is 24.3 Å². The van der Waals surface area contributed by atoms with Crippen LogP contribution in [0.2, 0.25) is 0 Å². The lowest BCUT2D eigenvalue weighted by Gasteiger charge is -2.17. The predicted molar refractivity (Wildman–Crippen MR) is 79.2 cm³/mol. The predicted octanol–water partition coefficient (Wildman–Crippen LogP) is 3.41. The third-order valence-electron chi connectivity index (χ3n) is 2.80. The van der Waals surface area contributed by atoms with Crippen LogP contribution in [0.3, 0.4) is 0 Å². The van der Waals surface area contributed by atoms with Gasteiger partial charge >= 0.3 is 0 Å². The van der Waals surface area contributed by atoms with Gasteiger partial charge in [-0.05, 0) is 35.9 Å². The maximum atomic E-state index is 13.1. The van der Waals surface area contributed by atoms with Gasteiger partial charge in [0.2, 0.25) is 10.0 Å². The fourth-order valence-corrected chi connectivity index (χ4v) is 3.54. The molecule has 0 aliphatic heterocycles. The first-order valence-electron chi connectivity index (χ1n) is 5.86. The summed E-state index contributed by atoms with van der Waals surface area (Å²) in [7, 11) is -2.12. The molecular formula is C14H13BrFNO2S. The van der Waals surface area contributed by atoms with Crippen molar-refractivity contribution in [2.45, 2.75) is 11.4 Å². The Kier molecular flexibility index (Phi) is 4.57. The first-order valence-corrected chi connectivity index (χ1v) is 8.09. The van der Waals surface area contributed by atoms with E-state index in [1.165, 1.54) is 35.6 Å². The van der Waals surface area contributed by atoms with Crippen LogP contribution in [-0.4, -0.2) is 19.8 Å². The summed E-state index contributed by atoms with van der Waals surface area (Å²) in [5.74, 6) is -0.379. The highest BCUT2D eigenvalue weighted by Gasteiger charge is 2.21. The van der Waals surface area contributed by atoms with Crippen molar-refractivity contribution < 1.29 is 12.8 Å². The molecule has 3 nitrogen and oxygen atoms in total. The minimum atomic E-state index is -3.59. The molecule has 6 heteroatoms. The van der Waals surface area contributed by atoms with Gasteiger partial charge < -0.3 is 0 Å². The Morgan fingerprint density at radius 2 is 1.85 bits per heavy atom. The van der Waals surface area contributed by atoms with Crippen LogP contribution < -0.4 is 0 Å². The van der Waals surface area contributed by atoms with Gasteiger partial charge in [0.25, 0.3) is 0 Å². The number of hydrogen-bond acceptors (Lipinski definition) is 2. The van der Waals surface area contributed by atoms with Crippen molar-refractivity contribution in [1.29, 1.82) is 0 Å². The van der Waals surface area contributed by atoms with Gasteiger partial charge in [-0.15, -0.1) is 0 Å². The lowest BCUT2D eigenvalue weighted by molar-refractivity contribution is 0.465. The summed E-state index contributed by atoms with van der Waals surface area (Å²) in [4.78, 5) is 0.200. The molecule has 0 saturated carbocycles. The van der Waals surface area contributed by atoms with Crippen LogP contribution in [-0.2, 0) is 16.6 Å². The maximum absolute atomic E-state index is 13.1. The van der Waals surface area contributed by atoms with Gasteiger partial charge in [-0.25, -0.2) is 12.8 Å². The first kappa shape index (κ1) is 15.2. The molecule has 0 aromatic heterocycles. The van der Waals surface area contributed by atoms with Gasteiger partial charge in [0.05, 0.1) is 4.90 Å². The van der Waals surface area contributed by atoms with E-state index in [2.05, 4.69) is 15.9 Å². The molecule has 2 aromatic rings. The second-order valence-corrected chi connectivity index (χ2v) is 7.31. The molecule has 2 aromatic carbocycles. The number of sulfonamides is 1. The molecule has 0 fully saturated rings. The third kappa shape index (κ3) is 3.45. The number of hydrogen-bond donors (Lipinski definition) is 0. The number of halogens is 2. The Labute approximate surface area is 126 Å². The molecule has 0 radical (unpaired) electrons. The average Bonchev–Trinajstić information content (AvgIpc) is 2.38. The Hall–Kier alpha value is -1.24. The van der Waals surface area contributed by atoms with E-state index in [0.29, 0.717) is 10.0 Å². The molecule has 2 rings (SSSR count). The Balaban J connectivity index is 2.26. The Bertz CT molecular complexity index is 719. The second-order valence-electron chi connectivity index (χ2n) is 4.35. The van der Waals surface area contributed by atoms with E-state index in [4.69, 9.17) is 0 Å². The third-order valence-corrected chi connectivity index (χ3v) is 5.09. The Morgan fingerprint density at radius 1 is 1.15 bits per heavy atom. The van der Waals surface area contributed by atoms with E-state index in [0.717, 1.165) is 0 Å². The van der Waals surface area contributed by atoms with Gasteiger partial charge in [0.1, 0.15) is 5.82 Å². The molecule has 0 aliphatic rings. The van der Waals surface area contributed by atoms with Gasteiger partial charge in [0.15, 0.2) is 0 Å². The van der Waals surface area contributed by atoms with Crippen molar-refractivity contribution in [2.24, 2.45) is 0 Å². The average molecular weight is 358 g/mol. The van der Waals surface area contributed by atoms with Crippen molar-refractivity contribution in [3.63, 3.8) is 0 Å². The lowest BCUT2D eigenvalue weighted by atomic mass is 10.2. The van der Waals surface area contributed by atoms with Crippen molar-refractivity contribution in [2.75, 3.05) is 7.05 Å². The fourth-order valence-electron chi connectivity index (χ4n) is 1.78. The van der Waals surface area contributed by atoms with E-state index >= 15 is 0 Å². The molecule has 106 valence electrons. The highest BCUT2D eigenvalue weighted by molar-refractivity contribution is 9.10. The normalized spacial score (nSPS) is 11.8. The number of rotatable bonds is 4. The molecule has 20 heavy (non-hydrogen) atoms. The van der Waals surface area contributed by atoms with Crippen molar-refractivity contribution in [3.05, 3.63) is 64.4 Å². The lowest BCUT2D eigenvalue weighted by Crippen LogP contribution is -2.26. The molecular weight excluding hydrogens is 345 g/mol. The van der Waals surface area contributed by atoms with E-state index in [-0.39, 0.29) is 17.3 Å². The molecule has 0 N–H and O–H groups in total. The van der Waals surface area contributed by atoms with Crippen LogP contribution in [0.15, 0.2) is 57.9 Å². The zero-order chi connectivity index (χ0) is 14.8. The summed E-state index contributed by atoms with van der Waals surface area (Å²) in [5, 5.41) is 0. The van der Waals surface area contributed by atoms with Crippen LogP contribution in [0, 0.1) is 5.82 Å². The number of benzene rings is 2. The van der Waals surface area contributed by atoms with E-state index in [9.17, 15) is 12.8 Å². The SMILES string of the molecule is CN(Cc1cccc(F)c1)S(=O)(=O)c1cccc(Br)c1. The summed E-state index contributed by atoms with van der Waals surface area (Å²) in [6, 6.07) is 12.4. The topological polar surface area (TPSA) is 37.4 Å². The second kappa shape index (κ2) is 6.03. The minimum absolute atomic E-state index is 0.118. The molecule has 0 heterocycles. The molecule has 0 aliphatic carbocycles. The summed E-state index contributed by atoms with van der Waals surface area (Å²) in [5.41, 5.74) is 0.603. The quantitative estimate of drug-likeness (QED) is 0.840. The van der Waals surface area contributed by atoms with Crippen molar-refractivity contribution in [1.82, 2.24) is 4.31 Å². The summed E-state index contributed by atoms with van der Waals surface area (Å²) >= 11 is 3.25. The summed E-state index contributed by atoms with van der Waals surface area (Å²) in [6.45, 7) is 0.118. The van der Waals surface area contributed by atoms with E-state index < -0.39 is 10.0 Å². The van der Waals surface area contributed by atoms with Crippen molar-refractivity contribution in [3.8, 4) is 0 Å². The van der Waals surface area contributed by atoms with Crippen LogP contribution in [0.1, 0.15) is 5.56 Å². The van der Waals surface area contributed by atoms with Gasteiger partial charge in [-0.1, -0.05) is 34.1 Å². The molecule has 0 amide bonds. The highest BCUT2D eigenvalue weighted by atomic mass is 79.9. The molecule has 0 unspecified atom stereocenters. The zero-order valence-electron chi connectivity index (χ0n) is 10.8. The molecule has 0 bridgehead atoms. The van der Waals surface area contributed by atoms with Crippen LogP contribution in [0.4, 0.5) is 4.39 Å². The smallest absolute Gasteiger partial charge is 0.207 e. The summed E-state index contributed by atoms with van der Waals surface area (Å²) < 4.78 is 39.8. The number of nitrogens with zero attached hydrogens (tertiary/aromatic N) is 1. The minimum Gasteiger partial charge on any atom is -0.207 e. The van der Waals surface area contributed by atoms with Crippen LogP contribution >= 0.6 is 15.9 Å². The molecule has 0 saturated heterocycles. The van der Waals surface area contributed by atoms with Gasteiger partial charge in [-0.3, -0.25) is 0 Å². The Morgan fingerprint density at radius 3 is 2.50 bits per heavy atom. The first-order chi connectivity index (χ1) is 9.39. The van der Waals surface area contributed by atoms with Gasteiger partial charge in [-0.2, -0.15) is 4.31 Å². The fraction of sp³-hybridized carbons (Fsp3) is 0.143.